The van der Waals surface area contributed by atoms with E-state index in [2.05, 4.69) is 5.32 Å². The fourth-order valence-electron chi connectivity index (χ4n) is 1.88. The number of halogens is 2. The van der Waals surface area contributed by atoms with Gasteiger partial charge in [-0.3, -0.25) is 0 Å². The largest absolute Gasteiger partial charge is 0.316 e. The van der Waals surface area contributed by atoms with Crippen LogP contribution in [0.3, 0.4) is 0 Å². The first-order chi connectivity index (χ1) is 8.69. The number of nitrogens with one attached hydrogen (secondary N) is 1. The summed E-state index contributed by atoms with van der Waals surface area (Å²) in [5.74, 6) is -0.210. The highest BCUT2D eigenvalue weighted by Gasteiger charge is 2.04. The lowest BCUT2D eigenvalue weighted by molar-refractivity contribution is 0.614. The molecule has 0 spiro atoms. The highest BCUT2D eigenvalue weighted by Crippen LogP contribution is 2.18. The van der Waals surface area contributed by atoms with Gasteiger partial charge in [0.15, 0.2) is 0 Å². The second kappa shape index (κ2) is 5.98. The van der Waals surface area contributed by atoms with Gasteiger partial charge in [0.05, 0.1) is 0 Å². The minimum absolute atomic E-state index is 0.210. The van der Waals surface area contributed by atoms with E-state index in [0.717, 1.165) is 12.1 Å². The molecule has 1 nitrogen and oxygen atoms in total. The van der Waals surface area contributed by atoms with Crippen LogP contribution in [0.1, 0.15) is 16.7 Å². The second-order valence-corrected chi connectivity index (χ2v) is 4.70. The molecule has 0 aliphatic rings. The smallest absolute Gasteiger partial charge is 0.126 e. The lowest BCUT2D eigenvalue weighted by atomic mass is 10.0. The standard InChI is InChI=1S/C15H15ClFN/c1-18-10-12-4-2-11(3-5-12)8-13-9-14(16)6-7-15(13)17/h2-7,9,18H,8,10H2,1H3. The minimum atomic E-state index is -0.210. The van der Waals surface area contributed by atoms with E-state index in [1.807, 2.05) is 31.3 Å². The molecule has 0 fully saturated rings. The van der Waals surface area contributed by atoms with Crippen LogP contribution in [0.4, 0.5) is 4.39 Å². The van der Waals surface area contributed by atoms with Crippen molar-refractivity contribution in [2.24, 2.45) is 0 Å². The predicted molar refractivity (Wildman–Crippen MR) is 73.4 cm³/mol. The maximum atomic E-state index is 13.6. The van der Waals surface area contributed by atoms with Crippen molar-refractivity contribution < 1.29 is 4.39 Å². The molecule has 0 aromatic heterocycles. The van der Waals surface area contributed by atoms with Gasteiger partial charge in [-0.15, -0.1) is 0 Å². The van der Waals surface area contributed by atoms with Crippen molar-refractivity contribution in [1.29, 1.82) is 0 Å². The normalized spacial score (nSPS) is 10.6. The molecular formula is C15H15ClFN. The van der Waals surface area contributed by atoms with Crippen LogP contribution < -0.4 is 5.32 Å². The summed E-state index contributed by atoms with van der Waals surface area (Å²) in [6, 6.07) is 12.8. The van der Waals surface area contributed by atoms with E-state index >= 15 is 0 Å². The third-order valence-corrected chi connectivity index (χ3v) is 3.04. The monoisotopic (exact) mass is 263 g/mol. The number of rotatable bonds is 4. The van der Waals surface area contributed by atoms with Crippen LogP contribution in [0.15, 0.2) is 42.5 Å². The summed E-state index contributed by atoms with van der Waals surface area (Å²) in [6.07, 6.45) is 0.562. The Morgan fingerprint density at radius 2 is 1.72 bits per heavy atom. The molecule has 0 radical (unpaired) electrons. The Morgan fingerprint density at radius 3 is 2.39 bits per heavy atom. The van der Waals surface area contributed by atoms with Crippen LogP contribution in [0.25, 0.3) is 0 Å². The highest BCUT2D eigenvalue weighted by atomic mass is 35.5. The van der Waals surface area contributed by atoms with Gasteiger partial charge in [0.1, 0.15) is 5.82 Å². The molecule has 2 aromatic carbocycles. The van der Waals surface area contributed by atoms with Crippen molar-refractivity contribution in [3.8, 4) is 0 Å². The van der Waals surface area contributed by atoms with Crippen molar-refractivity contribution in [2.75, 3.05) is 7.05 Å². The third kappa shape index (κ3) is 3.31. The first-order valence-electron chi connectivity index (χ1n) is 5.85. The Bertz CT molecular complexity index is 523. The summed E-state index contributed by atoms with van der Waals surface area (Å²) in [6.45, 7) is 0.839. The summed E-state index contributed by atoms with van der Waals surface area (Å²) < 4.78 is 13.6. The maximum Gasteiger partial charge on any atom is 0.126 e. The van der Waals surface area contributed by atoms with Gasteiger partial charge in [-0.05, 0) is 41.9 Å². The van der Waals surface area contributed by atoms with Gasteiger partial charge in [-0.25, -0.2) is 4.39 Å². The van der Waals surface area contributed by atoms with Crippen LogP contribution >= 0.6 is 11.6 Å². The lowest BCUT2D eigenvalue weighted by Gasteiger charge is -2.06. The van der Waals surface area contributed by atoms with Gasteiger partial charge in [0, 0.05) is 18.0 Å². The summed E-state index contributed by atoms with van der Waals surface area (Å²) in [7, 11) is 1.91. The molecule has 0 aliphatic heterocycles. The van der Waals surface area contributed by atoms with Crippen molar-refractivity contribution in [2.45, 2.75) is 13.0 Å². The fourth-order valence-corrected chi connectivity index (χ4v) is 2.07. The summed E-state index contributed by atoms with van der Waals surface area (Å²) in [5, 5.41) is 3.66. The first kappa shape index (κ1) is 13.1. The lowest BCUT2D eigenvalue weighted by Crippen LogP contribution is -2.04. The van der Waals surface area contributed by atoms with Gasteiger partial charge in [-0.2, -0.15) is 0 Å². The van der Waals surface area contributed by atoms with E-state index in [9.17, 15) is 4.39 Å². The topological polar surface area (TPSA) is 12.0 Å². The molecule has 0 unspecified atom stereocenters. The zero-order chi connectivity index (χ0) is 13.0. The van der Waals surface area contributed by atoms with Crippen molar-refractivity contribution in [3.05, 3.63) is 70.0 Å². The van der Waals surface area contributed by atoms with Gasteiger partial charge in [0.2, 0.25) is 0 Å². The molecule has 2 aromatic rings. The fraction of sp³-hybridized carbons (Fsp3) is 0.200. The zero-order valence-electron chi connectivity index (χ0n) is 10.2. The molecule has 0 bridgehead atoms. The summed E-state index contributed by atoms with van der Waals surface area (Å²) in [5.41, 5.74) is 2.92. The molecule has 0 amide bonds. The molecule has 94 valence electrons. The third-order valence-electron chi connectivity index (χ3n) is 2.81. The molecule has 0 atom stereocenters. The molecule has 18 heavy (non-hydrogen) atoms. The highest BCUT2D eigenvalue weighted by molar-refractivity contribution is 6.30. The Labute approximate surface area is 112 Å². The van der Waals surface area contributed by atoms with Crippen molar-refractivity contribution in [1.82, 2.24) is 5.32 Å². The molecule has 0 saturated heterocycles. The molecule has 1 N–H and O–H groups in total. The number of benzene rings is 2. The molecule has 0 saturated carbocycles. The molecule has 0 heterocycles. The zero-order valence-corrected chi connectivity index (χ0v) is 11.0. The average Bonchev–Trinajstić information content (AvgIpc) is 2.37. The van der Waals surface area contributed by atoms with Crippen LogP contribution in [0.2, 0.25) is 5.02 Å². The average molecular weight is 264 g/mol. The maximum absolute atomic E-state index is 13.6. The van der Waals surface area contributed by atoms with Crippen LogP contribution in [-0.2, 0) is 13.0 Å². The van der Waals surface area contributed by atoms with Crippen LogP contribution in [0, 0.1) is 5.82 Å². The molecule has 0 aliphatic carbocycles. The Kier molecular flexibility index (Phi) is 4.34. The second-order valence-electron chi connectivity index (χ2n) is 4.26. The van der Waals surface area contributed by atoms with E-state index in [4.69, 9.17) is 11.6 Å². The van der Waals surface area contributed by atoms with Crippen LogP contribution in [0.5, 0.6) is 0 Å². The van der Waals surface area contributed by atoms with Gasteiger partial charge in [0.25, 0.3) is 0 Å². The Balaban J connectivity index is 2.15. The van der Waals surface area contributed by atoms with E-state index in [0.29, 0.717) is 17.0 Å². The number of hydrogen-bond donors (Lipinski definition) is 1. The van der Waals surface area contributed by atoms with Crippen molar-refractivity contribution >= 4 is 11.6 Å². The number of hydrogen-bond acceptors (Lipinski definition) is 1. The Morgan fingerprint density at radius 1 is 1.06 bits per heavy atom. The Hall–Kier alpha value is -1.38. The molecular weight excluding hydrogens is 249 g/mol. The SMILES string of the molecule is CNCc1ccc(Cc2cc(Cl)ccc2F)cc1. The minimum Gasteiger partial charge on any atom is -0.316 e. The van der Waals surface area contributed by atoms with E-state index in [-0.39, 0.29) is 5.82 Å². The van der Waals surface area contributed by atoms with Crippen molar-refractivity contribution in [3.63, 3.8) is 0 Å². The van der Waals surface area contributed by atoms with Gasteiger partial charge in [-0.1, -0.05) is 35.9 Å². The van der Waals surface area contributed by atoms with E-state index in [1.54, 1.807) is 12.1 Å². The van der Waals surface area contributed by atoms with E-state index in [1.165, 1.54) is 11.6 Å². The molecule has 2 rings (SSSR count). The van der Waals surface area contributed by atoms with E-state index < -0.39 is 0 Å². The molecule has 3 heteroatoms. The van der Waals surface area contributed by atoms with Gasteiger partial charge < -0.3 is 5.32 Å². The predicted octanol–water partition coefficient (Wildman–Crippen LogP) is 3.79. The quantitative estimate of drug-likeness (QED) is 0.885. The summed E-state index contributed by atoms with van der Waals surface area (Å²) >= 11 is 5.87. The summed E-state index contributed by atoms with van der Waals surface area (Å²) in [4.78, 5) is 0. The van der Waals surface area contributed by atoms with Crippen LogP contribution in [-0.4, -0.2) is 7.05 Å². The first-order valence-corrected chi connectivity index (χ1v) is 6.23. The van der Waals surface area contributed by atoms with Gasteiger partial charge >= 0.3 is 0 Å².